The molecule has 0 saturated carbocycles. The maximum atomic E-state index is 4.97. The molecule has 0 aliphatic carbocycles. The predicted molar refractivity (Wildman–Crippen MR) is 130 cm³/mol. The first-order valence-electron chi connectivity index (χ1n) is 10.4. The minimum absolute atomic E-state index is 0.852. The molecule has 6 aromatic rings. The van der Waals surface area contributed by atoms with Crippen LogP contribution in [0.25, 0.3) is 38.9 Å². The van der Waals surface area contributed by atoms with Crippen molar-refractivity contribution in [3.8, 4) is 22.5 Å². The average Bonchev–Trinajstić information content (AvgIpc) is 3.24. The van der Waals surface area contributed by atoms with Gasteiger partial charge in [0.15, 0.2) is 0 Å². The molecule has 0 bridgehead atoms. The summed E-state index contributed by atoms with van der Waals surface area (Å²) in [5.41, 5.74) is 5.90. The number of pyridine rings is 3. The lowest BCUT2D eigenvalue weighted by molar-refractivity contribution is 0.958. The Labute approximate surface area is 189 Å². The molecule has 152 valence electrons. The highest BCUT2D eigenvalue weighted by atomic mass is 32.2. The van der Waals surface area contributed by atoms with E-state index in [2.05, 4.69) is 35.3 Å². The first-order valence-corrected chi connectivity index (χ1v) is 11.2. The first kappa shape index (κ1) is 18.8. The summed E-state index contributed by atoms with van der Waals surface area (Å²) in [6, 6.07) is 32.8. The zero-order valence-electron chi connectivity index (χ0n) is 17.1. The van der Waals surface area contributed by atoms with Crippen LogP contribution in [0.15, 0.2) is 119 Å². The number of aromatic nitrogens is 4. The van der Waals surface area contributed by atoms with E-state index >= 15 is 0 Å². The maximum Gasteiger partial charge on any atom is 0.120 e. The van der Waals surface area contributed by atoms with E-state index in [4.69, 9.17) is 10.1 Å². The van der Waals surface area contributed by atoms with Gasteiger partial charge in [0.05, 0.1) is 16.7 Å². The van der Waals surface area contributed by atoms with Gasteiger partial charge in [-0.2, -0.15) is 5.10 Å². The van der Waals surface area contributed by atoms with Crippen LogP contribution in [0, 0.1) is 0 Å². The molecule has 0 radical (unpaired) electrons. The van der Waals surface area contributed by atoms with Gasteiger partial charge in [-0.3, -0.25) is 4.98 Å². The smallest absolute Gasteiger partial charge is 0.120 e. The van der Waals surface area contributed by atoms with Crippen LogP contribution in [-0.2, 0) is 0 Å². The monoisotopic (exact) mass is 430 g/mol. The van der Waals surface area contributed by atoms with Crippen molar-refractivity contribution >= 4 is 28.2 Å². The van der Waals surface area contributed by atoms with Crippen LogP contribution in [0.2, 0.25) is 0 Å². The predicted octanol–water partition coefficient (Wildman–Crippen LogP) is 6.76. The molecule has 6 rings (SSSR count). The summed E-state index contributed by atoms with van der Waals surface area (Å²) in [5, 5.41) is 6.98. The first-order chi connectivity index (χ1) is 15.9. The second-order valence-electron chi connectivity index (χ2n) is 7.41. The van der Waals surface area contributed by atoms with Crippen LogP contribution in [0.1, 0.15) is 0 Å². The maximum absolute atomic E-state index is 4.97. The van der Waals surface area contributed by atoms with Gasteiger partial charge in [-0.05, 0) is 54.1 Å². The van der Waals surface area contributed by atoms with Crippen molar-refractivity contribution in [2.45, 2.75) is 9.92 Å². The Morgan fingerprint density at radius 1 is 0.719 bits per heavy atom. The van der Waals surface area contributed by atoms with Crippen molar-refractivity contribution in [1.82, 2.24) is 19.6 Å². The molecule has 0 saturated heterocycles. The van der Waals surface area contributed by atoms with E-state index in [0.717, 1.165) is 48.9 Å². The Bertz CT molecular complexity index is 1550. The summed E-state index contributed by atoms with van der Waals surface area (Å²) in [4.78, 5) is 10.7. The van der Waals surface area contributed by atoms with Gasteiger partial charge in [0, 0.05) is 28.2 Å². The molecule has 2 aromatic carbocycles. The lowest BCUT2D eigenvalue weighted by atomic mass is 9.98. The van der Waals surface area contributed by atoms with Gasteiger partial charge in [-0.25, -0.2) is 9.50 Å². The Morgan fingerprint density at radius 2 is 1.56 bits per heavy atom. The highest BCUT2D eigenvalue weighted by Gasteiger charge is 2.19. The largest absolute Gasteiger partial charge is 0.256 e. The number of benzene rings is 2. The molecule has 0 aliphatic heterocycles. The minimum Gasteiger partial charge on any atom is -0.256 e. The van der Waals surface area contributed by atoms with E-state index in [1.807, 2.05) is 83.6 Å². The fourth-order valence-electron chi connectivity index (χ4n) is 3.97. The fraction of sp³-hybridized carbons (Fsp3) is 0. The summed E-state index contributed by atoms with van der Waals surface area (Å²) in [5.74, 6) is 0. The van der Waals surface area contributed by atoms with Crippen LogP contribution in [0.5, 0.6) is 0 Å². The lowest BCUT2D eigenvalue weighted by Gasteiger charge is -2.08. The summed E-state index contributed by atoms with van der Waals surface area (Å²) in [6.07, 6.45) is 3.84. The van der Waals surface area contributed by atoms with Crippen LogP contribution in [0.4, 0.5) is 0 Å². The molecule has 4 nitrogen and oxygen atoms in total. The number of para-hydroxylation sites is 1. The minimum atomic E-state index is 0.852. The van der Waals surface area contributed by atoms with Crippen molar-refractivity contribution in [2.75, 3.05) is 0 Å². The summed E-state index contributed by atoms with van der Waals surface area (Å²) in [7, 11) is 0. The van der Waals surface area contributed by atoms with Gasteiger partial charge in [0.1, 0.15) is 10.7 Å². The van der Waals surface area contributed by atoms with Gasteiger partial charge in [0.25, 0.3) is 0 Å². The van der Waals surface area contributed by atoms with E-state index in [0.29, 0.717) is 0 Å². The van der Waals surface area contributed by atoms with Crippen molar-refractivity contribution < 1.29 is 0 Å². The number of nitrogens with zero attached hydrogens (tertiary/aromatic N) is 4. The van der Waals surface area contributed by atoms with Crippen molar-refractivity contribution in [2.24, 2.45) is 0 Å². The summed E-state index contributed by atoms with van der Waals surface area (Å²) in [6.45, 7) is 0. The molecule has 0 unspecified atom stereocenters. The molecular formula is C27H18N4S. The fourth-order valence-corrected chi connectivity index (χ4v) is 4.80. The molecule has 0 amide bonds. The second-order valence-corrected chi connectivity index (χ2v) is 8.50. The van der Waals surface area contributed by atoms with E-state index in [1.165, 1.54) is 0 Å². The number of fused-ring (bicyclic) bond motifs is 2. The Morgan fingerprint density at radius 3 is 2.50 bits per heavy atom. The van der Waals surface area contributed by atoms with Crippen LogP contribution < -0.4 is 0 Å². The van der Waals surface area contributed by atoms with Crippen molar-refractivity contribution in [3.63, 3.8) is 0 Å². The molecule has 0 fully saturated rings. The summed E-state index contributed by atoms with van der Waals surface area (Å²) >= 11 is 1.65. The molecule has 0 spiro atoms. The second kappa shape index (κ2) is 7.94. The lowest BCUT2D eigenvalue weighted by Crippen LogP contribution is -1.90. The third kappa shape index (κ3) is 3.33. The van der Waals surface area contributed by atoms with E-state index in [9.17, 15) is 0 Å². The SMILES string of the molecule is c1ccc(Sc2cccc(-c3nn4ccccc4c3-c3ccnc4ccccc34)n2)cc1. The molecule has 0 N–H and O–H groups in total. The Balaban J connectivity index is 1.56. The molecule has 32 heavy (non-hydrogen) atoms. The van der Waals surface area contributed by atoms with Gasteiger partial charge in [-0.15, -0.1) is 0 Å². The zero-order chi connectivity index (χ0) is 21.3. The summed E-state index contributed by atoms with van der Waals surface area (Å²) < 4.78 is 1.93. The third-order valence-corrected chi connectivity index (χ3v) is 6.33. The number of hydrogen-bond donors (Lipinski definition) is 0. The van der Waals surface area contributed by atoms with E-state index in [1.54, 1.807) is 11.8 Å². The van der Waals surface area contributed by atoms with Gasteiger partial charge in [-0.1, -0.05) is 60.3 Å². The standard InChI is InChI=1S/C27H18N4S/c1-2-9-19(10-3-1)32-25-15-8-13-23(29-25)27-26(24-14-6-7-18-31(24)30-27)21-16-17-28-22-12-5-4-11-20(21)22/h1-18H. The molecule has 0 atom stereocenters. The molecule has 0 aliphatic rings. The van der Waals surface area contributed by atoms with Gasteiger partial charge < -0.3 is 0 Å². The normalized spacial score (nSPS) is 11.2. The molecule has 4 heterocycles. The average molecular weight is 431 g/mol. The molecule has 5 heteroatoms. The number of rotatable bonds is 4. The van der Waals surface area contributed by atoms with Crippen LogP contribution in [0.3, 0.4) is 0 Å². The van der Waals surface area contributed by atoms with Gasteiger partial charge in [0.2, 0.25) is 0 Å². The molecule has 4 aromatic heterocycles. The van der Waals surface area contributed by atoms with Crippen molar-refractivity contribution in [3.05, 3.63) is 109 Å². The highest BCUT2D eigenvalue weighted by molar-refractivity contribution is 7.99. The van der Waals surface area contributed by atoms with E-state index in [-0.39, 0.29) is 0 Å². The van der Waals surface area contributed by atoms with Crippen LogP contribution in [-0.4, -0.2) is 19.6 Å². The van der Waals surface area contributed by atoms with Gasteiger partial charge >= 0.3 is 0 Å². The van der Waals surface area contributed by atoms with Crippen LogP contribution >= 0.6 is 11.8 Å². The highest BCUT2D eigenvalue weighted by Crippen LogP contribution is 2.38. The Hall–Kier alpha value is -3.96. The Kier molecular flexibility index (Phi) is 4.66. The van der Waals surface area contributed by atoms with E-state index < -0.39 is 0 Å². The van der Waals surface area contributed by atoms with Crippen molar-refractivity contribution in [1.29, 1.82) is 0 Å². The topological polar surface area (TPSA) is 43.1 Å². The quantitative estimate of drug-likeness (QED) is 0.310. The zero-order valence-corrected chi connectivity index (χ0v) is 17.9. The molecular weight excluding hydrogens is 412 g/mol. The number of hydrogen-bond acceptors (Lipinski definition) is 4. The third-order valence-electron chi connectivity index (χ3n) is 5.39.